The van der Waals surface area contributed by atoms with E-state index in [1.165, 1.54) is 0 Å². The molecule has 29 heavy (non-hydrogen) atoms. The monoisotopic (exact) mass is 453 g/mol. The number of carbonyl (C=O) groups is 1. The summed E-state index contributed by atoms with van der Waals surface area (Å²) in [6, 6.07) is 18.0. The van der Waals surface area contributed by atoms with E-state index in [2.05, 4.69) is 27.0 Å². The molecular weight excluding hydrogens is 430 g/mol. The molecule has 0 bridgehead atoms. The number of hydrogen-bond acceptors (Lipinski definition) is 4. The van der Waals surface area contributed by atoms with Gasteiger partial charge in [-0.15, -0.1) is 0 Å². The Labute approximate surface area is 179 Å². The Morgan fingerprint density at radius 3 is 2.79 bits per heavy atom. The smallest absolute Gasteiger partial charge is 0.306 e. The van der Waals surface area contributed by atoms with Gasteiger partial charge >= 0.3 is 5.97 Å². The molecule has 0 aliphatic rings. The van der Waals surface area contributed by atoms with Crippen molar-refractivity contribution in [3.63, 3.8) is 0 Å². The van der Waals surface area contributed by atoms with E-state index in [1.54, 1.807) is 0 Å². The quantitative estimate of drug-likeness (QED) is 0.384. The number of ether oxygens (including phenoxy) is 2. The summed E-state index contributed by atoms with van der Waals surface area (Å²) < 4.78 is 11.8. The van der Waals surface area contributed by atoms with Crippen molar-refractivity contribution in [2.75, 3.05) is 13.2 Å². The Hall–Kier alpha value is -2.66. The van der Waals surface area contributed by atoms with Crippen molar-refractivity contribution < 1.29 is 14.3 Å². The van der Waals surface area contributed by atoms with E-state index in [0.717, 1.165) is 32.4 Å². The van der Waals surface area contributed by atoms with Crippen LogP contribution in [0.1, 0.15) is 31.5 Å². The first kappa shape index (κ1) is 21.1. The van der Waals surface area contributed by atoms with Gasteiger partial charge in [0.05, 0.1) is 30.8 Å². The fourth-order valence-electron chi connectivity index (χ4n) is 2.89. The zero-order valence-electron chi connectivity index (χ0n) is 16.6. The minimum Gasteiger partial charge on any atom is -0.493 e. The SMILES string of the molecule is CCOC(=O)CC(C)COc1cccc(/C=C/c2ccc3ccc(Br)cc3n2)c1. The molecule has 2 aromatic carbocycles. The summed E-state index contributed by atoms with van der Waals surface area (Å²) in [5, 5.41) is 1.11. The maximum Gasteiger partial charge on any atom is 0.306 e. The van der Waals surface area contributed by atoms with Crippen LogP contribution in [0.25, 0.3) is 23.1 Å². The predicted octanol–water partition coefficient (Wildman–Crippen LogP) is 6.14. The molecule has 0 N–H and O–H groups in total. The second-order valence-electron chi connectivity index (χ2n) is 6.90. The summed E-state index contributed by atoms with van der Waals surface area (Å²) in [7, 11) is 0. The third-order valence-corrected chi connectivity index (χ3v) is 4.83. The zero-order valence-corrected chi connectivity index (χ0v) is 18.2. The van der Waals surface area contributed by atoms with Crippen molar-refractivity contribution in [3.05, 3.63) is 70.3 Å². The molecule has 0 aliphatic heterocycles. The van der Waals surface area contributed by atoms with Gasteiger partial charge in [0, 0.05) is 15.8 Å². The predicted molar refractivity (Wildman–Crippen MR) is 121 cm³/mol. The van der Waals surface area contributed by atoms with E-state index in [4.69, 9.17) is 9.47 Å². The number of halogens is 1. The average molecular weight is 454 g/mol. The number of benzene rings is 2. The lowest BCUT2D eigenvalue weighted by atomic mass is 10.1. The number of rotatable bonds is 8. The molecule has 0 saturated carbocycles. The van der Waals surface area contributed by atoms with Gasteiger partial charge < -0.3 is 9.47 Å². The lowest BCUT2D eigenvalue weighted by molar-refractivity contribution is -0.144. The Morgan fingerprint density at radius 1 is 1.14 bits per heavy atom. The normalized spacial score (nSPS) is 12.2. The molecule has 0 amide bonds. The lowest BCUT2D eigenvalue weighted by Crippen LogP contribution is -2.15. The van der Waals surface area contributed by atoms with E-state index < -0.39 is 0 Å². The van der Waals surface area contributed by atoms with E-state index in [0.29, 0.717) is 19.6 Å². The minimum atomic E-state index is -0.185. The highest BCUT2D eigenvalue weighted by atomic mass is 79.9. The summed E-state index contributed by atoms with van der Waals surface area (Å²) in [5.41, 5.74) is 2.87. The number of fused-ring (bicyclic) bond motifs is 1. The third-order valence-electron chi connectivity index (χ3n) is 4.34. The van der Waals surface area contributed by atoms with Crippen LogP contribution in [-0.4, -0.2) is 24.2 Å². The largest absolute Gasteiger partial charge is 0.493 e. The van der Waals surface area contributed by atoms with Crippen LogP contribution in [-0.2, 0) is 9.53 Å². The minimum absolute atomic E-state index is 0.0920. The van der Waals surface area contributed by atoms with Gasteiger partial charge in [-0.05, 0) is 48.9 Å². The van der Waals surface area contributed by atoms with Gasteiger partial charge in [0.15, 0.2) is 0 Å². The van der Waals surface area contributed by atoms with Crippen molar-refractivity contribution in [1.29, 1.82) is 0 Å². The molecule has 150 valence electrons. The van der Waals surface area contributed by atoms with Crippen LogP contribution >= 0.6 is 15.9 Å². The second-order valence-corrected chi connectivity index (χ2v) is 7.82. The summed E-state index contributed by atoms with van der Waals surface area (Å²) in [4.78, 5) is 16.2. The molecule has 0 spiro atoms. The molecule has 0 fully saturated rings. The Morgan fingerprint density at radius 2 is 1.97 bits per heavy atom. The maximum atomic E-state index is 11.5. The second kappa shape index (κ2) is 10.2. The van der Waals surface area contributed by atoms with Gasteiger partial charge in [-0.1, -0.05) is 53.2 Å². The van der Waals surface area contributed by atoms with Crippen molar-refractivity contribution in [3.8, 4) is 5.75 Å². The number of aromatic nitrogens is 1. The number of pyridine rings is 1. The first-order valence-electron chi connectivity index (χ1n) is 9.66. The Balaban J connectivity index is 1.63. The highest BCUT2D eigenvalue weighted by Gasteiger charge is 2.10. The Bertz CT molecular complexity index is 1020. The summed E-state index contributed by atoms with van der Waals surface area (Å²) in [5.74, 6) is 0.683. The molecule has 1 heterocycles. The van der Waals surface area contributed by atoms with Gasteiger partial charge in [-0.2, -0.15) is 0 Å². The molecule has 5 heteroatoms. The van der Waals surface area contributed by atoms with Gasteiger partial charge in [-0.3, -0.25) is 4.79 Å². The standard InChI is InChI=1S/C24H24BrNO3/c1-3-28-24(27)13-17(2)16-29-22-6-4-5-18(14-22)7-11-21-12-9-19-8-10-20(25)15-23(19)26-21/h4-12,14-15,17H,3,13,16H2,1-2H3/b11-7+. The summed E-state index contributed by atoms with van der Waals surface area (Å²) in [6.45, 7) is 4.66. The molecule has 3 aromatic rings. The van der Waals surface area contributed by atoms with E-state index in [9.17, 15) is 4.79 Å². The average Bonchev–Trinajstić information content (AvgIpc) is 2.71. The first-order chi connectivity index (χ1) is 14.0. The van der Waals surface area contributed by atoms with E-state index >= 15 is 0 Å². The van der Waals surface area contributed by atoms with Crippen LogP contribution in [0.3, 0.4) is 0 Å². The molecule has 4 nitrogen and oxygen atoms in total. The van der Waals surface area contributed by atoms with Crippen LogP contribution in [0.5, 0.6) is 5.75 Å². The van der Waals surface area contributed by atoms with Crippen LogP contribution in [0.2, 0.25) is 0 Å². The van der Waals surface area contributed by atoms with Crippen molar-refractivity contribution in [1.82, 2.24) is 4.98 Å². The topological polar surface area (TPSA) is 48.4 Å². The van der Waals surface area contributed by atoms with Crippen LogP contribution in [0.15, 0.2) is 59.1 Å². The molecule has 0 radical (unpaired) electrons. The zero-order chi connectivity index (χ0) is 20.6. The molecule has 1 aromatic heterocycles. The lowest BCUT2D eigenvalue weighted by Gasteiger charge is -2.12. The van der Waals surface area contributed by atoms with E-state index in [-0.39, 0.29) is 11.9 Å². The maximum absolute atomic E-state index is 11.5. The number of carbonyl (C=O) groups excluding carboxylic acids is 1. The van der Waals surface area contributed by atoms with Gasteiger partial charge in [-0.25, -0.2) is 4.98 Å². The molecule has 1 unspecified atom stereocenters. The van der Waals surface area contributed by atoms with Crippen LogP contribution in [0.4, 0.5) is 0 Å². The Kier molecular flexibility index (Phi) is 7.42. The van der Waals surface area contributed by atoms with Crippen molar-refractivity contribution >= 4 is 45.0 Å². The molecule has 0 saturated heterocycles. The highest BCUT2D eigenvalue weighted by Crippen LogP contribution is 2.20. The van der Waals surface area contributed by atoms with Gasteiger partial charge in [0.1, 0.15) is 5.75 Å². The van der Waals surface area contributed by atoms with Gasteiger partial charge in [0.2, 0.25) is 0 Å². The van der Waals surface area contributed by atoms with Gasteiger partial charge in [0.25, 0.3) is 0 Å². The molecule has 3 rings (SSSR count). The first-order valence-corrected chi connectivity index (χ1v) is 10.5. The summed E-state index contributed by atoms with van der Waals surface area (Å²) in [6.07, 6.45) is 4.36. The molecule has 1 atom stereocenters. The fourth-order valence-corrected chi connectivity index (χ4v) is 3.24. The van der Waals surface area contributed by atoms with E-state index in [1.807, 2.05) is 74.5 Å². The summed E-state index contributed by atoms with van der Waals surface area (Å²) >= 11 is 3.49. The highest BCUT2D eigenvalue weighted by molar-refractivity contribution is 9.10. The van der Waals surface area contributed by atoms with Crippen LogP contribution in [0, 0.1) is 5.92 Å². The molecule has 0 aliphatic carbocycles. The van der Waals surface area contributed by atoms with Crippen LogP contribution < -0.4 is 4.74 Å². The van der Waals surface area contributed by atoms with Crippen molar-refractivity contribution in [2.45, 2.75) is 20.3 Å². The number of hydrogen-bond donors (Lipinski definition) is 0. The fraction of sp³-hybridized carbons (Fsp3) is 0.250. The van der Waals surface area contributed by atoms with Crippen molar-refractivity contribution in [2.24, 2.45) is 5.92 Å². The number of nitrogens with zero attached hydrogens (tertiary/aromatic N) is 1. The third kappa shape index (κ3) is 6.43. The molecular formula is C24H24BrNO3. The number of esters is 1.